The fourth-order valence-electron chi connectivity index (χ4n) is 1.07. The molecule has 0 radical (unpaired) electrons. The van der Waals surface area contributed by atoms with Gasteiger partial charge in [0.15, 0.2) is 0 Å². The van der Waals surface area contributed by atoms with Crippen molar-refractivity contribution in [3.8, 4) is 17.7 Å². The van der Waals surface area contributed by atoms with Gasteiger partial charge in [0.2, 0.25) is 5.88 Å². The molecule has 0 saturated carbocycles. The smallest absolute Gasteiger partial charge is 0.384 e. The molecule has 0 atom stereocenters. The molecule has 0 aliphatic carbocycles. The zero-order valence-corrected chi connectivity index (χ0v) is 9.53. The summed E-state index contributed by atoms with van der Waals surface area (Å²) in [4.78, 5) is 15.1. The van der Waals surface area contributed by atoms with Crippen molar-refractivity contribution in [1.29, 1.82) is 0 Å². The minimum absolute atomic E-state index is 0.327. The first-order valence-electron chi connectivity index (χ1n) is 4.87. The monoisotopic (exact) mass is 219 g/mol. The van der Waals surface area contributed by atoms with E-state index in [2.05, 4.69) is 16.8 Å². The van der Waals surface area contributed by atoms with E-state index in [-0.39, 0.29) is 0 Å². The summed E-state index contributed by atoms with van der Waals surface area (Å²) in [6.45, 7) is 3.87. The Morgan fingerprint density at radius 3 is 2.81 bits per heavy atom. The molecule has 0 saturated heterocycles. The van der Waals surface area contributed by atoms with Gasteiger partial charge in [-0.1, -0.05) is 5.92 Å². The van der Waals surface area contributed by atoms with Gasteiger partial charge in [0.25, 0.3) is 0 Å². The molecular weight excluding hydrogens is 206 g/mol. The number of aromatic nitrogens is 1. The summed E-state index contributed by atoms with van der Waals surface area (Å²) < 4.78 is 9.65. The fraction of sp³-hybridized carbons (Fsp3) is 0.333. The molecule has 1 aromatic heterocycles. The third-order valence-electron chi connectivity index (χ3n) is 1.84. The standard InChI is InChI=1S/C12H13NO3/c1-4-16-12(14)8-6-10-5-7-11(15-3)13-9(10)2/h5,7H,4H2,1-3H3. The lowest BCUT2D eigenvalue weighted by molar-refractivity contribution is -0.136. The molecule has 0 aliphatic heterocycles. The Hall–Kier alpha value is -2.02. The molecule has 1 rings (SSSR count). The van der Waals surface area contributed by atoms with Crippen molar-refractivity contribution in [3.05, 3.63) is 23.4 Å². The topological polar surface area (TPSA) is 48.4 Å². The molecular formula is C12H13NO3. The normalized spacial score (nSPS) is 8.94. The number of aryl methyl sites for hydroxylation is 1. The van der Waals surface area contributed by atoms with E-state index in [1.165, 1.54) is 0 Å². The van der Waals surface area contributed by atoms with Crippen LogP contribution in [0, 0.1) is 18.8 Å². The summed E-state index contributed by atoms with van der Waals surface area (Å²) >= 11 is 0. The minimum atomic E-state index is -0.530. The molecule has 0 N–H and O–H groups in total. The Kier molecular flexibility index (Phi) is 4.34. The van der Waals surface area contributed by atoms with Crippen molar-refractivity contribution in [2.75, 3.05) is 13.7 Å². The Labute approximate surface area is 94.6 Å². The Bertz CT molecular complexity index is 443. The van der Waals surface area contributed by atoms with Gasteiger partial charge in [-0.25, -0.2) is 9.78 Å². The Morgan fingerprint density at radius 2 is 2.25 bits per heavy atom. The predicted octanol–water partition coefficient (Wildman–Crippen LogP) is 1.31. The maximum absolute atomic E-state index is 11.0. The molecule has 0 fully saturated rings. The van der Waals surface area contributed by atoms with Crippen LogP contribution in [0.15, 0.2) is 12.1 Å². The number of hydrogen-bond acceptors (Lipinski definition) is 4. The molecule has 0 unspecified atom stereocenters. The zero-order valence-electron chi connectivity index (χ0n) is 9.53. The first kappa shape index (κ1) is 12.1. The number of pyridine rings is 1. The molecule has 84 valence electrons. The van der Waals surface area contributed by atoms with E-state index in [9.17, 15) is 4.79 Å². The molecule has 0 aliphatic rings. The second-order valence-corrected chi connectivity index (χ2v) is 2.96. The highest BCUT2D eigenvalue weighted by atomic mass is 16.5. The lowest BCUT2D eigenvalue weighted by Gasteiger charge is -2.01. The fourth-order valence-corrected chi connectivity index (χ4v) is 1.07. The summed E-state index contributed by atoms with van der Waals surface area (Å²) in [7, 11) is 1.55. The summed E-state index contributed by atoms with van der Waals surface area (Å²) in [6.07, 6.45) is 0. The Morgan fingerprint density at radius 1 is 1.50 bits per heavy atom. The van der Waals surface area contributed by atoms with Crippen LogP contribution in [0.2, 0.25) is 0 Å². The van der Waals surface area contributed by atoms with Gasteiger partial charge in [-0.2, -0.15) is 0 Å². The van der Waals surface area contributed by atoms with Gasteiger partial charge in [-0.05, 0) is 19.9 Å². The van der Waals surface area contributed by atoms with E-state index in [0.29, 0.717) is 18.1 Å². The first-order valence-corrected chi connectivity index (χ1v) is 4.87. The zero-order chi connectivity index (χ0) is 12.0. The van der Waals surface area contributed by atoms with Gasteiger partial charge in [0.1, 0.15) is 0 Å². The second-order valence-electron chi connectivity index (χ2n) is 2.96. The highest BCUT2D eigenvalue weighted by Gasteiger charge is 1.99. The van der Waals surface area contributed by atoms with Gasteiger partial charge in [0, 0.05) is 17.6 Å². The van der Waals surface area contributed by atoms with Crippen molar-refractivity contribution < 1.29 is 14.3 Å². The summed E-state index contributed by atoms with van der Waals surface area (Å²) in [5, 5.41) is 0. The first-order chi connectivity index (χ1) is 7.67. The highest BCUT2D eigenvalue weighted by Crippen LogP contribution is 2.10. The number of carbonyl (C=O) groups excluding carboxylic acids is 1. The number of ether oxygens (including phenoxy) is 2. The molecule has 1 heterocycles. The minimum Gasteiger partial charge on any atom is -0.481 e. The second kappa shape index (κ2) is 5.76. The number of esters is 1. The molecule has 1 aromatic rings. The van der Waals surface area contributed by atoms with Gasteiger partial charge >= 0.3 is 5.97 Å². The molecule has 0 spiro atoms. The lowest BCUT2D eigenvalue weighted by Crippen LogP contribution is -2.00. The van der Waals surface area contributed by atoms with Crippen LogP contribution in [0.1, 0.15) is 18.2 Å². The maximum atomic E-state index is 11.0. The van der Waals surface area contributed by atoms with Gasteiger partial charge in [-0.3, -0.25) is 0 Å². The van der Waals surface area contributed by atoms with E-state index in [1.807, 2.05) is 0 Å². The number of carbonyl (C=O) groups is 1. The predicted molar refractivity (Wildman–Crippen MR) is 59.0 cm³/mol. The van der Waals surface area contributed by atoms with Crippen LogP contribution in [-0.4, -0.2) is 24.7 Å². The quantitative estimate of drug-likeness (QED) is 0.556. The Balaban J connectivity index is 2.85. The largest absolute Gasteiger partial charge is 0.481 e. The molecule has 4 nitrogen and oxygen atoms in total. The van der Waals surface area contributed by atoms with E-state index >= 15 is 0 Å². The SMILES string of the molecule is CCOC(=O)C#Cc1ccc(OC)nc1C. The van der Waals surface area contributed by atoms with Gasteiger partial charge in [0.05, 0.1) is 19.4 Å². The number of hydrogen-bond donors (Lipinski definition) is 0. The van der Waals surface area contributed by atoms with Crippen molar-refractivity contribution in [2.45, 2.75) is 13.8 Å². The lowest BCUT2D eigenvalue weighted by atomic mass is 10.2. The number of rotatable bonds is 2. The van der Waals surface area contributed by atoms with Crippen molar-refractivity contribution in [2.24, 2.45) is 0 Å². The summed E-state index contributed by atoms with van der Waals surface area (Å²) in [5.74, 6) is 5.09. The van der Waals surface area contributed by atoms with Gasteiger partial charge in [-0.15, -0.1) is 0 Å². The number of methoxy groups -OCH3 is 1. The summed E-state index contributed by atoms with van der Waals surface area (Å²) in [6, 6.07) is 3.45. The van der Waals surface area contributed by atoms with Crippen LogP contribution in [-0.2, 0) is 9.53 Å². The highest BCUT2D eigenvalue weighted by molar-refractivity contribution is 5.89. The van der Waals surface area contributed by atoms with Crippen LogP contribution in [0.5, 0.6) is 5.88 Å². The van der Waals surface area contributed by atoms with Crippen molar-refractivity contribution in [3.63, 3.8) is 0 Å². The van der Waals surface area contributed by atoms with E-state index in [1.54, 1.807) is 33.1 Å². The molecule has 0 bridgehead atoms. The van der Waals surface area contributed by atoms with Crippen molar-refractivity contribution in [1.82, 2.24) is 4.98 Å². The third-order valence-corrected chi connectivity index (χ3v) is 1.84. The van der Waals surface area contributed by atoms with Gasteiger partial charge < -0.3 is 9.47 Å². The average molecular weight is 219 g/mol. The van der Waals surface area contributed by atoms with Crippen LogP contribution in [0.25, 0.3) is 0 Å². The molecule has 0 aromatic carbocycles. The van der Waals surface area contributed by atoms with E-state index < -0.39 is 5.97 Å². The third kappa shape index (κ3) is 3.28. The van der Waals surface area contributed by atoms with Crippen molar-refractivity contribution >= 4 is 5.97 Å². The van der Waals surface area contributed by atoms with Crippen LogP contribution in [0.3, 0.4) is 0 Å². The van der Waals surface area contributed by atoms with Crippen LogP contribution < -0.4 is 4.74 Å². The maximum Gasteiger partial charge on any atom is 0.384 e. The van der Waals surface area contributed by atoms with E-state index in [4.69, 9.17) is 9.47 Å². The average Bonchev–Trinajstić information content (AvgIpc) is 2.27. The summed E-state index contributed by atoms with van der Waals surface area (Å²) in [5.41, 5.74) is 1.41. The van der Waals surface area contributed by atoms with Crippen LogP contribution in [0.4, 0.5) is 0 Å². The molecule has 0 amide bonds. The van der Waals surface area contributed by atoms with Crippen LogP contribution >= 0.6 is 0 Å². The molecule has 4 heteroatoms. The molecule has 16 heavy (non-hydrogen) atoms. The van der Waals surface area contributed by atoms with E-state index in [0.717, 1.165) is 5.69 Å². The number of nitrogens with zero attached hydrogens (tertiary/aromatic N) is 1.